The molecule has 1 rings (SSSR count). The minimum Gasteiger partial charge on any atom is -0.296 e. The Bertz CT molecular complexity index is 133. The predicted molar refractivity (Wildman–Crippen MR) is 37.5 cm³/mol. The van der Waals surface area contributed by atoms with Gasteiger partial charge < -0.3 is 0 Å². The molecule has 1 fully saturated rings. The molecule has 1 saturated carbocycles. The molecule has 10 heavy (non-hydrogen) atoms. The van der Waals surface area contributed by atoms with Crippen LogP contribution in [0.1, 0.15) is 32.6 Å². The van der Waals surface area contributed by atoms with Gasteiger partial charge in [-0.1, -0.05) is 13.3 Å². The van der Waals surface area contributed by atoms with E-state index in [0.717, 1.165) is 12.8 Å². The zero-order chi connectivity index (χ0) is 7.56. The molecule has 1 nitrogen and oxygen atoms in total. The molecule has 0 aromatic heterocycles. The van der Waals surface area contributed by atoms with Gasteiger partial charge in [-0.15, -0.1) is 0 Å². The largest absolute Gasteiger partial charge is 0.296 e. The van der Waals surface area contributed by atoms with Gasteiger partial charge in [0.1, 0.15) is 0 Å². The summed E-state index contributed by atoms with van der Waals surface area (Å²) >= 11 is 0. The summed E-state index contributed by atoms with van der Waals surface area (Å²) in [5.74, 6) is 0.261. The van der Waals surface area contributed by atoms with Crippen LogP contribution in [-0.2, 0) is 4.79 Å². The number of hydrogen-bond donors (Lipinski definition) is 0. The number of rotatable bonds is 1. The molecule has 0 aromatic rings. The Hall–Kier alpha value is -0.400. The Kier molecular flexibility index (Phi) is 2.41. The molecule has 0 heterocycles. The van der Waals surface area contributed by atoms with Gasteiger partial charge in [0.25, 0.3) is 0 Å². The second-order valence-electron chi connectivity index (χ2n) is 2.98. The molecule has 0 unspecified atom stereocenters. The monoisotopic (exact) mass is 144 g/mol. The normalized spacial score (nSPS) is 34.4. The van der Waals surface area contributed by atoms with Crippen LogP contribution in [0, 0.1) is 5.92 Å². The van der Waals surface area contributed by atoms with Gasteiger partial charge in [0.05, 0.1) is 0 Å². The van der Waals surface area contributed by atoms with Crippen molar-refractivity contribution in [3.05, 3.63) is 0 Å². The van der Waals surface area contributed by atoms with E-state index < -0.39 is 6.17 Å². The van der Waals surface area contributed by atoms with Crippen molar-refractivity contribution in [3.63, 3.8) is 0 Å². The zero-order valence-corrected chi connectivity index (χ0v) is 6.27. The lowest BCUT2D eigenvalue weighted by Crippen LogP contribution is -2.25. The van der Waals surface area contributed by atoms with E-state index in [0.29, 0.717) is 18.8 Å². The first kappa shape index (κ1) is 7.70. The molecule has 0 spiro atoms. The van der Waals surface area contributed by atoms with Crippen molar-refractivity contribution in [3.8, 4) is 0 Å². The van der Waals surface area contributed by atoms with E-state index in [2.05, 4.69) is 0 Å². The van der Waals surface area contributed by atoms with E-state index in [1.807, 2.05) is 6.92 Å². The van der Waals surface area contributed by atoms with Crippen LogP contribution < -0.4 is 0 Å². The molecule has 0 amide bonds. The van der Waals surface area contributed by atoms with Crippen LogP contribution in [0.4, 0.5) is 4.39 Å². The molecule has 2 atom stereocenters. The fourth-order valence-electron chi connectivity index (χ4n) is 1.42. The summed E-state index contributed by atoms with van der Waals surface area (Å²) in [4.78, 5) is 10.7. The van der Waals surface area contributed by atoms with Crippen molar-refractivity contribution >= 4 is 5.78 Å². The number of alkyl halides is 1. The van der Waals surface area contributed by atoms with Crippen LogP contribution in [0.5, 0.6) is 0 Å². The van der Waals surface area contributed by atoms with Crippen molar-refractivity contribution < 1.29 is 9.18 Å². The predicted octanol–water partition coefficient (Wildman–Crippen LogP) is 2.10. The highest BCUT2D eigenvalue weighted by Crippen LogP contribution is 2.25. The van der Waals surface area contributed by atoms with E-state index in [1.54, 1.807) is 0 Å². The summed E-state index contributed by atoms with van der Waals surface area (Å²) in [6.07, 6.45) is 1.68. The molecule has 1 aliphatic rings. The van der Waals surface area contributed by atoms with Crippen molar-refractivity contribution in [2.24, 2.45) is 5.92 Å². The first-order valence-corrected chi connectivity index (χ1v) is 3.90. The van der Waals surface area contributed by atoms with Crippen LogP contribution in [-0.4, -0.2) is 12.0 Å². The first-order chi connectivity index (χ1) is 4.74. The number of Topliss-reactive ketones (excluding diaryl/α,β-unsaturated/α-hetero) is 1. The number of ketones is 1. The molecular weight excluding hydrogens is 131 g/mol. The van der Waals surface area contributed by atoms with E-state index >= 15 is 0 Å². The highest BCUT2D eigenvalue weighted by molar-refractivity contribution is 5.83. The maximum Gasteiger partial charge on any atom is 0.166 e. The van der Waals surface area contributed by atoms with Gasteiger partial charge in [0.2, 0.25) is 0 Å². The molecule has 0 aliphatic heterocycles. The van der Waals surface area contributed by atoms with Gasteiger partial charge in [-0.2, -0.15) is 0 Å². The fraction of sp³-hybridized carbons (Fsp3) is 0.875. The summed E-state index contributed by atoms with van der Waals surface area (Å²) in [5, 5.41) is 0. The first-order valence-electron chi connectivity index (χ1n) is 3.90. The number of halogens is 1. The Morgan fingerprint density at radius 3 is 2.90 bits per heavy atom. The summed E-state index contributed by atoms with van der Waals surface area (Å²) in [6.45, 7) is 2.05. The average molecular weight is 144 g/mol. The molecule has 58 valence electrons. The maximum atomic E-state index is 12.7. The highest BCUT2D eigenvalue weighted by atomic mass is 19.1. The summed E-state index contributed by atoms with van der Waals surface area (Å²) < 4.78 is 12.7. The number of hydrogen-bond acceptors (Lipinski definition) is 1. The van der Waals surface area contributed by atoms with Crippen molar-refractivity contribution in [1.29, 1.82) is 0 Å². The second kappa shape index (κ2) is 3.13. The highest BCUT2D eigenvalue weighted by Gasteiger charge is 2.26. The number of carbonyl (C=O) groups excluding carboxylic acids is 1. The molecule has 0 radical (unpaired) electrons. The smallest absolute Gasteiger partial charge is 0.166 e. The quantitative estimate of drug-likeness (QED) is 0.550. The van der Waals surface area contributed by atoms with Gasteiger partial charge in [0, 0.05) is 6.42 Å². The van der Waals surface area contributed by atoms with E-state index in [4.69, 9.17) is 0 Å². The molecular formula is C8H13FO. The molecule has 0 saturated heterocycles. The topological polar surface area (TPSA) is 17.1 Å². The Morgan fingerprint density at radius 2 is 2.40 bits per heavy atom. The summed E-state index contributed by atoms with van der Waals surface area (Å²) in [5.41, 5.74) is 0. The minimum atomic E-state index is -1.15. The van der Waals surface area contributed by atoms with Gasteiger partial charge in [-0.3, -0.25) is 4.79 Å². The SMILES string of the molecule is CC[C@H]1CCC(=O)[C@H](F)C1. The van der Waals surface area contributed by atoms with Gasteiger partial charge in [0.15, 0.2) is 12.0 Å². The fourth-order valence-corrected chi connectivity index (χ4v) is 1.42. The van der Waals surface area contributed by atoms with E-state index in [-0.39, 0.29) is 5.78 Å². The van der Waals surface area contributed by atoms with Crippen LogP contribution in [0.3, 0.4) is 0 Å². The van der Waals surface area contributed by atoms with Gasteiger partial charge in [-0.25, -0.2) is 4.39 Å². The molecule has 0 aromatic carbocycles. The van der Waals surface area contributed by atoms with Crippen molar-refractivity contribution in [2.75, 3.05) is 0 Å². The Labute approximate surface area is 60.6 Å². The van der Waals surface area contributed by atoms with Crippen LogP contribution in [0.2, 0.25) is 0 Å². The van der Waals surface area contributed by atoms with Crippen molar-refractivity contribution in [1.82, 2.24) is 0 Å². The molecule has 0 N–H and O–H groups in total. The van der Waals surface area contributed by atoms with Crippen molar-refractivity contribution in [2.45, 2.75) is 38.8 Å². The van der Waals surface area contributed by atoms with E-state index in [9.17, 15) is 9.18 Å². The van der Waals surface area contributed by atoms with Crippen LogP contribution >= 0.6 is 0 Å². The third-order valence-electron chi connectivity index (χ3n) is 2.27. The van der Waals surface area contributed by atoms with E-state index in [1.165, 1.54) is 0 Å². The lowest BCUT2D eigenvalue weighted by atomic mass is 9.86. The maximum absolute atomic E-state index is 12.7. The minimum absolute atomic E-state index is 0.190. The molecule has 2 heteroatoms. The zero-order valence-electron chi connectivity index (χ0n) is 6.27. The summed E-state index contributed by atoms with van der Waals surface area (Å²) in [7, 11) is 0. The average Bonchev–Trinajstić information content (AvgIpc) is 1.95. The standard InChI is InChI=1S/C8H13FO/c1-2-6-3-4-8(10)7(9)5-6/h6-7H,2-5H2,1H3/t6-,7+/m0/s1. The Balaban J connectivity index is 2.40. The third kappa shape index (κ3) is 1.55. The van der Waals surface area contributed by atoms with Crippen LogP contribution in [0.25, 0.3) is 0 Å². The summed E-state index contributed by atoms with van der Waals surface area (Å²) in [6, 6.07) is 0. The third-order valence-corrected chi connectivity index (χ3v) is 2.27. The molecule has 0 bridgehead atoms. The molecule has 1 aliphatic carbocycles. The lowest BCUT2D eigenvalue weighted by Gasteiger charge is -2.21. The lowest BCUT2D eigenvalue weighted by molar-refractivity contribution is -0.126. The van der Waals surface area contributed by atoms with Gasteiger partial charge >= 0.3 is 0 Å². The van der Waals surface area contributed by atoms with Gasteiger partial charge in [-0.05, 0) is 18.8 Å². The van der Waals surface area contributed by atoms with Crippen LogP contribution in [0.15, 0.2) is 0 Å². The second-order valence-corrected chi connectivity index (χ2v) is 2.98. The Morgan fingerprint density at radius 1 is 1.70 bits per heavy atom. The number of carbonyl (C=O) groups is 1.